The van der Waals surface area contributed by atoms with E-state index < -0.39 is 5.41 Å². The van der Waals surface area contributed by atoms with Crippen molar-refractivity contribution in [1.29, 1.82) is 5.26 Å². The molecule has 0 aliphatic carbocycles. The van der Waals surface area contributed by atoms with E-state index in [1.165, 1.54) is 0 Å². The highest BCUT2D eigenvalue weighted by Crippen LogP contribution is 2.30. The quantitative estimate of drug-likeness (QED) is 0.543. The molecule has 4 rings (SSSR count). The van der Waals surface area contributed by atoms with Gasteiger partial charge in [0.25, 0.3) is 11.6 Å². The van der Waals surface area contributed by atoms with Crippen LogP contribution in [0.15, 0.2) is 48.7 Å². The van der Waals surface area contributed by atoms with Crippen molar-refractivity contribution in [1.82, 2.24) is 34.9 Å². The SMILES string of the molecule is [C-]#[N+]c1ccn(-c2cccc(C(C)(C)c3cccc(-c4nc(C#N)n[nH]4)n3)n2)n1. The highest BCUT2D eigenvalue weighted by Gasteiger charge is 2.27. The Bertz CT molecular complexity index is 1170. The fourth-order valence-electron chi connectivity index (χ4n) is 2.87. The summed E-state index contributed by atoms with van der Waals surface area (Å²) in [5.41, 5.74) is 1.67. The minimum atomic E-state index is -0.514. The monoisotopic (exact) mass is 381 g/mol. The fraction of sp³-hybridized carbons (Fsp3) is 0.150. The van der Waals surface area contributed by atoms with Gasteiger partial charge in [0.1, 0.15) is 11.8 Å². The molecule has 0 saturated heterocycles. The van der Waals surface area contributed by atoms with E-state index in [0.717, 1.165) is 11.4 Å². The van der Waals surface area contributed by atoms with Gasteiger partial charge in [0.05, 0.1) is 11.4 Å². The molecule has 0 atom stereocenters. The minimum absolute atomic E-state index is 0.0684. The number of nitriles is 1. The predicted molar refractivity (Wildman–Crippen MR) is 104 cm³/mol. The van der Waals surface area contributed by atoms with Crippen molar-refractivity contribution < 1.29 is 0 Å². The highest BCUT2D eigenvalue weighted by atomic mass is 15.3. The van der Waals surface area contributed by atoms with E-state index in [0.29, 0.717) is 23.2 Å². The summed E-state index contributed by atoms with van der Waals surface area (Å²) in [5.74, 6) is 1.44. The summed E-state index contributed by atoms with van der Waals surface area (Å²) in [7, 11) is 0. The van der Waals surface area contributed by atoms with Crippen molar-refractivity contribution >= 4 is 5.82 Å². The van der Waals surface area contributed by atoms with Crippen LogP contribution in [0.4, 0.5) is 5.82 Å². The van der Waals surface area contributed by atoms with E-state index in [9.17, 15) is 0 Å². The lowest BCUT2D eigenvalue weighted by Crippen LogP contribution is -2.23. The fourth-order valence-corrected chi connectivity index (χ4v) is 2.87. The van der Waals surface area contributed by atoms with Gasteiger partial charge in [-0.3, -0.25) is 5.10 Å². The summed E-state index contributed by atoms with van der Waals surface area (Å²) >= 11 is 0. The molecule has 0 fully saturated rings. The van der Waals surface area contributed by atoms with Gasteiger partial charge in [-0.25, -0.2) is 9.97 Å². The molecule has 0 aromatic carbocycles. The van der Waals surface area contributed by atoms with Gasteiger partial charge in [-0.05, 0) is 49.3 Å². The van der Waals surface area contributed by atoms with Crippen LogP contribution in [0.25, 0.3) is 22.2 Å². The number of nitrogens with one attached hydrogen (secondary N) is 1. The third-order valence-corrected chi connectivity index (χ3v) is 4.52. The third kappa shape index (κ3) is 3.33. The van der Waals surface area contributed by atoms with E-state index in [-0.39, 0.29) is 5.82 Å². The lowest BCUT2D eigenvalue weighted by Gasteiger charge is -2.24. The van der Waals surface area contributed by atoms with Crippen LogP contribution in [-0.2, 0) is 5.41 Å². The summed E-state index contributed by atoms with van der Waals surface area (Å²) in [4.78, 5) is 16.9. The Kier molecular flexibility index (Phi) is 4.34. The van der Waals surface area contributed by atoms with Crippen LogP contribution in [0.1, 0.15) is 31.1 Å². The standard InChI is InChI=1S/C20H15N9/c1-20(2,14-7-4-6-13(23-14)19-25-17(12-21)26-27-19)15-8-5-9-18(24-15)29-11-10-16(22-3)28-29/h4-11H,1-2H3,(H,25,26,27). The molecule has 4 aromatic rings. The van der Waals surface area contributed by atoms with Crippen LogP contribution >= 0.6 is 0 Å². The predicted octanol–water partition coefficient (Wildman–Crippen LogP) is 3.20. The van der Waals surface area contributed by atoms with Gasteiger partial charge in [-0.2, -0.15) is 10.2 Å². The molecule has 0 spiro atoms. The first-order valence-corrected chi connectivity index (χ1v) is 8.73. The highest BCUT2D eigenvalue weighted by molar-refractivity contribution is 5.50. The second kappa shape index (κ2) is 6.98. The summed E-state index contributed by atoms with van der Waals surface area (Å²) < 4.78 is 1.58. The number of rotatable bonds is 4. The number of H-pyrrole nitrogens is 1. The number of pyridine rings is 2. The molecular formula is C20H15N9. The molecule has 0 unspecified atom stereocenters. The van der Waals surface area contributed by atoms with E-state index in [1.54, 1.807) is 23.0 Å². The molecule has 0 bridgehead atoms. The molecule has 1 N–H and O–H groups in total. The number of hydrogen-bond acceptors (Lipinski definition) is 6. The van der Waals surface area contributed by atoms with Crippen molar-refractivity contribution in [3.63, 3.8) is 0 Å². The van der Waals surface area contributed by atoms with Crippen molar-refractivity contribution in [2.24, 2.45) is 0 Å². The van der Waals surface area contributed by atoms with Gasteiger partial charge in [0.2, 0.25) is 0 Å². The first kappa shape index (κ1) is 18.0. The summed E-state index contributed by atoms with van der Waals surface area (Å²) in [6.07, 6.45) is 1.71. The molecule has 140 valence electrons. The second-order valence-electron chi connectivity index (χ2n) is 6.76. The van der Waals surface area contributed by atoms with Gasteiger partial charge < -0.3 is 4.85 Å². The summed E-state index contributed by atoms with van der Waals surface area (Å²) in [6, 6.07) is 14.8. The molecule has 9 heteroatoms. The molecule has 9 nitrogen and oxygen atoms in total. The number of aromatic nitrogens is 7. The molecule has 0 aliphatic rings. The Morgan fingerprint density at radius 1 is 1.07 bits per heavy atom. The van der Waals surface area contributed by atoms with Crippen LogP contribution in [0.2, 0.25) is 0 Å². The Balaban J connectivity index is 1.72. The molecule has 4 heterocycles. The zero-order valence-corrected chi connectivity index (χ0v) is 15.7. The Morgan fingerprint density at radius 2 is 1.83 bits per heavy atom. The van der Waals surface area contributed by atoms with E-state index >= 15 is 0 Å². The molecule has 0 amide bonds. The molecule has 4 aromatic heterocycles. The van der Waals surface area contributed by atoms with E-state index in [1.807, 2.05) is 50.2 Å². The van der Waals surface area contributed by atoms with Crippen molar-refractivity contribution in [2.75, 3.05) is 0 Å². The Morgan fingerprint density at radius 3 is 2.52 bits per heavy atom. The molecule has 0 radical (unpaired) electrons. The van der Waals surface area contributed by atoms with Crippen molar-refractivity contribution in [3.8, 4) is 23.4 Å². The van der Waals surface area contributed by atoms with Crippen LogP contribution in [0.3, 0.4) is 0 Å². The van der Waals surface area contributed by atoms with Crippen LogP contribution in [0.5, 0.6) is 0 Å². The second-order valence-corrected chi connectivity index (χ2v) is 6.76. The average molecular weight is 381 g/mol. The van der Waals surface area contributed by atoms with Crippen molar-refractivity contribution in [3.05, 3.63) is 77.3 Å². The number of hydrogen-bond donors (Lipinski definition) is 1. The van der Waals surface area contributed by atoms with Gasteiger partial charge in [-0.1, -0.05) is 18.7 Å². The maximum absolute atomic E-state index is 8.92. The van der Waals surface area contributed by atoms with Gasteiger partial charge in [-0.15, -0.1) is 9.78 Å². The summed E-state index contributed by atoms with van der Waals surface area (Å²) in [5, 5.41) is 19.7. The van der Waals surface area contributed by atoms with Crippen LogP contribution in [-0.4, -0.2) is 34.9 Å². The Labute approximate surface area is 166 Å². The van der Waals surface area contributed by atoms with Gasteiger partial charge in [0, 0.05) is 11.6 Å². The normalized spacial score (nSPS) is 11.0. The maximum Gasteiger partial charge on any atom is 0.295 e. The third-order valence-electron chi connectivity index (χ3n) is 4.52. The average Bonchev–Trinajstić information content (AvgIpc) is 3.43. The van der Waals surface area contributed by atoms with Gasteiger partial charge in [0.15, 0.2) is 11.6 Å². The summed E-state index contributed by atoms with van der Waals surface area (Å²) in [6.45, 7) is 11.1. The zero-order valence-electron chi connectivity index (χ0n) is 15.7. The smallest absolute Gasteiger partial charge is 0.295 e. The van der Waals surface area contributed by atoms with E-state index in [4.69, 9.17) is 21.8 Å². The van der Waals surface area contributed by atoms with Crippen LogP contribution in [0, 0.1) is 17.9 Å². The largest absolute Gasteiger partial charge is 0.359 e. The lowest BCUT2D eigenvalue weighted by atomic mass is 9.84. The topological polar surface area (TPSA) is 113 Å². The van der Waals surface area contributed by atoms with Crippen LogP contribution < -0.4 is 0 Å². The first-order valence-electron chi connectivity index (χ1n) is 8.73. The zero-order chi connectivity index (χ0) is 20.4. The molecule has 0 saturated carbocycles. The first-order chi connectivity index (χ1) is 14.0. The molecular weight excluding hydrogens is 366 g/mol. The van der Waals surface area contributed by atoms with Crippen molar-refractivity contribution in [2.45, 2.75) is 19.3 Å². The van der Waals surface area contributed by atoms with E-state index in [2.05, 4.69) is 25.1 Å². The minimum Gasteiger partial charge on any atom is -0.359 e. The maximum atomic E-state index is 8.92. The number of aromatic amines is 1. The molecule has 0 aliphatic heterocycles. The molecule has 29 heavy (non-hydrogen) atoms. The Hall–Kier alpha value is -4.37. The lowest BCUT2D eigenvalue weighted by molar-refractivity contribution is 0.592. The van der Waals surface area contributed by atoms with Gasteiger partial charge >= 0.3 is 0 Å². The number of nitrogens with zero attached hydrogens (tertiary/aromatic N) is 8.